The van der Waals surface area contributed by atoms with Crippen LogP contribution in [0.15, 0.2) is 55.1 Å². The van der Waals surface area contributed by atoms with Crippen molar-refractivity contribution in [2.45, 2.75) is 123 Å². The minimum absolute atomic E-state index is 0.0585. The van der Waals surface area contributed by atoms with Crippen molar-refractivity contribution in [3.05, 3.63) is 66.2 Å². The Labute approximate surface area is 374 Å². The summed E-state index contributed by atoms with van der Waals surface area (Å²) < 4.78 is 28.1. The van der Waals surface area contributed by atoms with Crippen LogP contribution in [0.3, 0.4) is 0 Å². The average Bonchev–Trinajstić information content (AvgIpc) is 3.90. The van der Waals surface area contributed by atoms with E-state index in [4.69, 9.17) is 26.1 Å². The van der Waals surface area contributed by atoms with Gasteiger partial charge in [-0.2, -0.15) is 9.37 Å². The number of hydrogen-bond donors (Lipinski definition) is 1. The number of anilines is 4. The van der Waals surface area contributed by atoms with Crippen molar-refractivity contribution < 1.29 is 23.5 Å². The molecule has 5 aromatic heterocycles. The van der Waals surface area contributed by atoms with Gasteiger partial charge in [0.25, 0.3) is 0 Å². The molecule has 0 unspecified atom stereocenters. The normalized spacial score (nSPS) is 18.7. The summed E-state index contributed by atoms with van der Waals surface area (Å²) in [7, 11) is 0. The highest BCUT2D eigenvalue weighted by molar-refractivity contribution is 6.29. The minimum Gasteiger partial charge on any atom is -0.444 e. The summed E-state index contributed by atoms with van der Waals surface area (Å²) in [5.74, 6) is 0.547. The maximum atomic E-state index is 14.9. The van der Waals surface area contributed by atoms with Crippen LogP contribution in [-0.4, -0.2) is 114 Å². The number of halogens is 2. The molecule has 2 saturated heterocycles. The van der Waals surface area contributed by atoms with Crippen LogP contribution in [0.25, 0.3) is 21.9 Å². The SMILES string of the molecule is CC[C@H]1CN(c2ccc(Cl)nc2)CCN1C(=O)OC(C)(C)C.CC[C@H]1CN(c2ccc(Nc3ncc4c5ccnc(F)c5n(C5CCCC5)c4n3)nc2)CCN1C(=O)OC(C)(C)C. The van der Waals surface area contributed by atoms with Crippen molar-refractivity contribution in [2.75, 3.05) is 54.4 Å². The number of carbonyl (C=O) groups excluding carboxylic acids is 2. The molecule has 0 aromatic carbocycles. The van der Waals surface area contributed by atoms with Gasteiger partial charge >= 0.3 is 12.2 Å². The first kappa shape index (κ1) is 45.5. The fourth-order valence-electron chi connectivity index (χ4n) is 8.62. The molecule has 15 nitrogen and oxygen atoms in total. The number of hydrogen-bond acceptors (Lipinski definition) is 12. The molecule has 1 N–H and O–H groups in total. The first-order valence-corrected chi connectivity index (χ1v) is 22.5. The molecular formula is C46H61ClFN11O4. The van der Waals surface area contributed by atoms with E-state index < -0.39 is 17.1 Å². The van der Waals surface area contributed by atoms with Crippen molar-refractivity contribution in [3.63, 3.8) is 0 Å². The summed E-state index contributed by atoms with van der Waals surface area (Å²) >= 11 is 5.83. The Hall–Kier alpha value is -5.51. The molecule has 0 spiro atoms. The van der Waals surface area contributed by atoms with Crippen LogP contribution in [0.2, 0.25) is 5.15 Å². The van der Waals surface area contributed by atoms with Gasteiger partial charge in [0.05, 0.1) is 35.9 Å². The van der Waals surface area contributed by atoms with Gasteiger partial charge in [0.1, 0.15) is 33.3 Å². The van der Waals surface area contributed by atoms with Crippen LogP contribution in [0.5, 0.6) is 0 Å². The number of amides is 2. The molecule has 3 fully saturated rings. The Morgan fingerprint density at radius 1 is 0.746 bits per heavy atom. The molecule has 2 amide bonds. The maximum Gasteiger partial charge on any atom is 0.410 e. The standard InChI is InChI=1S/C30H37FN8O2.C16H24ClN3O2/c1-5-19-18-37(14-15-38(19)29(40)41-30(2,3)4)21-10-11-24(33-16-21)35-28-34-17-23-22-12-13-32-26(31)25(22)39(27(23)36-28)20-8-6-7-9-20;1-5-12-11-19(13-6-7-14(17)18-10-13)8-9-20(12)15(21)22-16(2,3)4/h10-13,16-17,19-20H,5-9,14-15,18H2,1-4H3,(H,33,34,35,36);6-7,10,12H,5,8-9,11H2,1-4H3/t19-;12-/m00/s1. The van der Waals surface area contributed by atoms with E-state index in [0.717, 1.165) is 73.8 Å². The molecule has 63 heavy (non-hydrogen) atoms. The van der Waals surface area contributed by atoms with E-state index in [0.29, 0.717) is 54.3 Å². The number of ether oxygens (including phenoxy) is 2. The summed E-state index contributed by atoms with van der Waals surface area (Å²) in [6.45, 7) is 19.7. The van der Waals surface area contributed by atoms with Gasteiger partial charge in [0.2, 0.25) is 11.9 Å². The molecule has 1 saturated carbocycles. The van der Waals surface area contributed by atoms with Gasteiger partial charge in [-0.1, -0.05) is 38.3 Å². The average molecular weight is 887 g/mol. The quantitative estimate of drug-likeness (QED) is 0.155. The first-order valence-electron chi connectivity index (χ1n) is 22.2. The van der Waals surface area contributed by atoms with Crippen LogP contribution in [0, 0.1) is 5.95 Å². The lowest BCUT2D eigenvalue weighted by molar-refractivity contribution is 0.0126. The van der Waals surface area contributed by atoms with Crippen LogP contribution in [-0.2, 0) is 9.47 Å². The molecule has 0 bridgehead atoms. The second kappa shape index (κ2) is 19.1. The zero-order valence-corrected chi connectivity index (χ0v) is 38.5. The van der Waals surface area contributed by atoms with Gasteiger partial charge in [0, 0.05) is 68.5 Å². The fourth-order valence-corrected chi connectivity index (χ4v) is 8.73. The largest absolute Gasteiger partial charge is 0.444 e. The Morgan fingerprint density at radius 3 is 1.83 bits per heavy atom. The van der Waals surface area contributed by atoms with E-state index in [1.165, 1.54) is 6.20 Å². The van der Waals surface area contributed by atoms with Gasteiger partial charge in [-0.15, -0.1) is 0 Å². The smallest absolute Gasteiger partial charge is 0.410 e. The van der Waals surface area contributed by atoms with Gasteiger partial charge in [0.15, 0.2) is 0 Å². The van der Waals surface area contributed by atoms with Crippen molar-refractivity contribution in [1.82, 2.24) is 39.3 Å². The first-order chi connectivity index (χ1) is 30.0. The van der Waals surface area contributed by atoms with Crippen molar-refractivity contribution in [2.24, 2.45) is 0 Å². The molecule has 0 radical (unpaired) electrons. The molecule has 1 aliphatic carbocycles. The van der Waals surface area contributed by atoms with Gasteiger partial charge in [-0.05, 0) is 97.6 Å². The summed E-state index contributed by atoms with van der Waals surface area (Å²) in [6, 6.07) is 9.89. The number of nitrogens with zero attached hydrogens (tertiary/aromatic N) is 10. The molecule has 17 heteroatoms. The summed E-state index contributed by atoms with van der Waals surface area (Å²) in [4.78, 5) is 55.2. The van der Waals surface area contributed by atoms with Gasteiger partial charge in [-0.3, -0.25) is 0 Å². The lowest BCUT2D eigenvalue weighted by Gasteiger charge is -2.42. The van der Waals surface area contributed by atoms with E-state index in [-0.39, 0.29) is 30.3 Å². The Balaban J connectivity index is 0.000000229. The Kier molecular flexibility index (Phi) is 13.8. The molecule has 3 aliphatic rings. The number of aromatic nitrogens is 6. The molecule has 5 aromatic rings. The van der Waals surface area contributed by atoms with Gasteiger partial charge in [-0.25, -0.2) is 29.5 Å². The third kappa shape index (κ3) is 10.8. The lowest BCUT2D eigenvalue weighted by atomic mass is 10.1. The molecule has 2 atom stereocenters. The third-order valence-corrected chi connectivity index (χ3v) is 11.9. The van der Waals surface area contributed by atoms with Crippen LogP contribution >= 0.6 is 11.6 Å². The highest BCUT2D eigenvalue weighted by Gasteiger charge is 2.34. The van der Waals surface area contributed by atoms with E-state index in [1.54, 1.807) is 18.5 Å². The topological polar surface area (TPSA) is 147 Å². The highest BCUT2D eigenvalue weighted by Crippen LogP contribution is 2.38. The second-order valence-electron chi connectivity index (χ2n) is 18.5. The van der Waals surface area contributed by atoms with E-state index in [9.17, 15) is 14.0 Å². The fraction of sp³-hybridized carbons (Fsp3) is 0.543. The molecule has 2 aliphatic heterocycles. The monoisotopic (exact) mass is 885 g/mol. The number of piperazine rings is 2. The van der Waals surface area contributed by atoms with Crippen LogP contribution in [0.1, 0.15) is 100.0 Å². The number of fused-ring (bicyclic) bond motifs is 3. The lowest BCUT2D eigenvalue weighted by Crippen LogP contribution is -2.56. The zero-order chi connectivity index (χ0) is 45.1. The summed E-state index contributed by atoms with van der Waals surface area (Å²) in [5.41, 5.74) is 2.24. The van der Waals surface area contributed by atoms with Crippen molar-refractivity contribution in [1.29, 1.82) is 0 Å². The number of carbonyl (C=O) groups is 2. The zero-order valence-electron chi connectivity index (χ0n) is 37.8. The van der Waals surface area contributed by atoms with Crippen LogP contribution in [0.4, 0.5) is 37.1 Å². The van der Waals surface area contributed by atoms with E-state index in [1.807, 2.05) is 86.4 Å². The molecule has 8 rings (SSSR count). The predicted molar refractivity (Wildman–Crippen MR) is 246 cm³/mol. The number of pyridine rings is 3. The summed E-state index contributed by atoms with van der Waals surface area (Å²) in [6.07, 6.45) is 12.3. The minimum atomic E-state index is -0.520. The van der Waals surface area contributed by atoms with Crippen molar-refractivity contribution in [3.8, 4) is 0 Å². The third-order valence-electron chi connectivity index (χ3n) is 11.7. The molecule has 338 valence electrons. The molecule has 7 heterocycles. The number of nitrogens with one attached hydrogen (secondary N) is 1. The second-order valence-corrected chi connectivity index (χ2v) is 18.9. The van der Waals surface area contributed by atoms with Crippen LogP contribution < -0.4 is 15.1 Å². The van der Waals surface area contributed by atoms with Crippen molar-refractivity contribution >= 4 is 68.9 Å². The Bertz CT molecular complexity index is 2360. The number of rotatable bonds is 7. The Morgan fingerprint density at radius 2 is 1.32 bits per heavy atom. The predicted octanol–water partition coefficient (Wildman–Crippen LogP) is 9.78. The molecular weight excluding hydrogens is 825 g/mol. The van der Waals surface area contributed by atoms with Gasteiger partial charge < -0.3 is 39.0 Å². The highest BCUT2D eigenvalue weighted by atomic mass is 35.5. The summed E-state index contributed by atoms with van der Waals surface area (Å²) in [5, 5.41) is 5.31. The maximum absolute atomic E-state index is 14.9. The van der Waals surface area contributed by atoms with E-state index in [2.05, 4.69) is 48.9 Å². The van der Waals surface area contributed by atoms with E-state index >= 15 is 0 Å².